The number of halogens is 1. The summed E-state index contributed by atoms with van der Waals surface area (Å²) in [6.07, 6.45) is 0. The third-order valence-electron chi connectivity index (χ3n) is 3.35. The molecule has 1 aromatic heterocycles. The number of pyridine rings is 1. The molecule has 106 valence electrons. The molecule has 0 radical (unpaired) electrons. The second-order valence-electron chi connectivity index (χ2n) is 6.07. The normalized spacial score (nSPS) is 11.4. The van der Waals surface area contributed by atoms with Crippen LogP contribution in [0.25, 0.3) is 0 Å². The van der Waals surface area contributed by atoms with Gasteiger partial charge in [-0.05, 0) is 35.6 Å². The standard InChI is InChI=1S/C17H21ClN2/c1-12-15(9-10-16(18)20-12)19-11-13-5-7-14(8-6-13)17(2,3)4/h5-10,19H,11H2,1-4H3. The molecule has 0 aliphatic heterocycles. The van der Waals surface area contributed by atoms with Crippen molar-refractivity contribution in [3.63, 3.8) is 0 Å². The van der Waals surface area contributed by atoms with Gasteiger partial charge in [-0.2, -0.15) is 0 Å². The van der Waals surface area contributed by atoms with Gasteiger partial charge >= 0.3 is 0 Å². The zero-order chi connectivity index (χ0) is 14.8. The van der Waals surface area contributed by atoms with E-state index < -0.39 is 0 Å². The van der Waals surface area contributed by atoms with Crippen LogP contribution in [0, 0.1) is 6.92 Å². The number of nitrogens with one attached hydrogen (secondary N) is 1. The molecule has 3 heteroatoms. The Morgan fingerprint density at radius 3 is 2.25 bits per heavy atom. The van der Waals surface area contributed by atoms with Crippen LogP contribution < -0.4 is 5.32 Å². The predicted molar refractivity (Wildman–Crippen MR) is 86.5 cm³/mol. The molecule has 0 unspecified atom stereocenters. The van der Waals surface area contributed by atoms with Crippen LogP contribution in [0.2, 0.25) is 5.15 Å². The molecule has 1 aromatic carbocycles. The Labute approximate surface area is 126 Å². The fourth-order valence-electron chi connectivity index (χ4n) is 2.04. The number of benzene rings is 1. The SMILES string of the molecule is Cc1nc(Cl)ccc1NCc1ccc(C(C)(C)C)cc1. The number of hydrogen-bond donors (Lipinski definition) is 1. The third kappa shape index (κ3) is 3.73. The fraction of sp³-hybridized carbons (Fsp3) is 0.353. The van der Waals surface area contributed by atoms with Crippen LogP contribution in [-0.4, -0.2) is 4.98 Å². The summed E-state index contributed by atoms with van der Waals surface area (Å²) in [5, 5.41) is 3.92. The van der Waals surface area contributed by atoms with Crippen LogP contribution in [-0.2, 0) is 12.0 Å². The molecule has 2 rings (SSSR count). The summed E-state index contributed by atoms with van der Waals surface area (Å²) in [5.74, 6) is 0. The van der Waals surface area contributed by atoms with E-state index in [9.17, 15) is 0 Å². The Bertz CT molecular complexity index is 583. The largest absolute Gasteiger partial charge is 0.380 e. The van der Waals surface area contributed by atoms with E-state index in [-0.39, 0.29) is 5.41 Å². The molecular weight excluding hydrogens is 268 g/mol. The molecule has 1 N–H and O–H groups in total. The highest BCUT2D eigenvalue weighted by atomic mass is 35.5. The lowest BCUT2D eigenvalue weighted by atomic mass is 9.87. The first-order valence-corrected chi connectivity index (χ1v) is 7.20. The summed E-state index contributed by atoms with van der Waals surface area (Å²) in [7, 11) is 0. The Balaban J connectivity index is 2.04. The molecular formula is C17H21ClN2. The van der Waals surface area contributed by atoms with Crippen LogP contribution in [0.1, 0.15) is 37.6 Å². The molecule has 0 saturated heterocycles. The Morgan fingerprint density at radius 2 is 1.70 bits per heavy atom. The van der Waals surface area contributed by atoms with Crippen molar-refractivity contribution in [1.82, 2.24) is 4.98 Å². The van der Waals surface area contributed by atoms with Crippen LogP contribution in [0.15, 0.2) is 36.4 Å². The Kier molecular flexibility index (Phi) is 4.34. The van der Waals surface area contributed by atoms with Gasteiger partial charge in [0.25, 0.3) is 0 Å². The number of aryl methyl sites for hydroxylation is 1. The molecule has 2 aromatic rings. The van der Waals surface area contributed by atoms with Crippen molar-refractivity contribution >= 4 is 17.3 Å². The topological polar surface area (TPSA) is 24.9 Å². The van der Waals surface area contributed by atoms with Crippen molar-refractivity contribution in [3.8, 4) is 0 Å². The molecule has 1 heterocycles. The highest BCUT2D eigenvalue weighted by Crippen LogP contribution is 2.22. The minimum atomic E-state index is 0.197. The van der Waals surface area contributed by atoms with E-state index >= 15 is 0 Å². The molecule has 0 atom stereocenters. The minimum Gasteiger partial charge on any atom is -0.380 e. The quantitative estimate of drug-likeness (QED) is 0.808. The Morgan fingerprint density at radius 1 is 1.05 bits per heavy atom. The third-order valence-corrected chi connectivity index (χ3v) is 3.57. The monoisotopic (exact) mass is 288 g/mol. The van der Waals surface area contributed by atoms with Crippen molar-refractivity contribution in [2.75, 3.05) is 5.32 Å². The molecule has 0 fully saturated rings. The molecule has 0 saturated carbocycles. The summed E-state index contributed by atoms with van der Waals surface area (Å²) < 4.78 is 0. The van der Waals surface area contributed by atoms with E-state index in [4.69, 9.17) is 11.6 Å². The van der Waals surface area contributed by atoms with Crippen molar-refractivity contribution in [2.24, 2.45) is 0 Å². The van der Waals surface area contributed by atoms with Crippen LogP contribution in [0.4, 0.5) is 5.69 Å². The second kappa shape index (κ2) is 5.84. The van der Waals surface area contributed by atoms with E-state index in [0.717, 1.165) is 17.9 Å². The van der Waals surface area contributed by atoms with Crippen molar-refractivity contribution < 1.29 is 0 Å². The molecule has 0 spiro atoms. The highest BCUT2D eigenvalue weighted by molar-refractivity contribution is 6.29. The first-order chi connectivity index (χ1) is 9.36. The summed E-state index contributed by atoms with van der Waals surface area (Å²) >= 11 is 5.86. The average Bonchev–Trinajstić information content (AvgIpc) is 2.37. The molecule has 20 heavy (non-hydrogen) atoms. The summed E-state index contributed by atoms with van der Waals surface area (Å²) in [4.78, 5) is 4.24. The number of hydrogen-bond acceptors (Lipinski definition) is 2. The van der Waals surface area contributed by atoms with Gasteiger partial charge < -0.3 is 5.32 Å². The van der Waals surface area contributed by atoms with Gasteiger partial charge in [0.15, 0.2) is 0 Å². The average molecular weight is 289 g/mol. The molecule has 0 aliphatic carbocycles. The summed E-state index contributed by atoms with van der Waals surface area (Å²) in [6.45, 7) is 9.42. The summed E-state index contributed by atoms with van der Waals surface area (Å²) in [5.41, 5.74) is 4.75. The lowest BCUT2D eigenvalue weighted by Gasteiger charge is -2.19. The lowest BCUT2D eigenvalue weighted by Crippen LogP contribution is -2.11. The molecule has 2 nitrogen and oxygen atoms in total. The van der Waals surface area contributed by atoms with E-state index in [1.165, 1.54) is 11.1 Å². The first kappa shape index (κ1) is 14.9. The van der Waals surface area contributed by atoms with E-state index in [1.807, 2.05) is 13.0 Å². The Hall–Kier alpha value is -1.54. The molecule has 0 aliphatic rings. The molecule has 0 bridgehead atoms. The summed E-state index contributed by atoms with van der Waals surface area (Å²) in [6, 6.07) is 12.5. The smallest absolute Gasteiger partial charge is 0.129 e. The number of aromatic nitrogens is 1. The lowest BCUT2D eigenvalue weighted by molar-refractivity contribution is 0.590. The van der Waals surface area contributed by atoms with Gasteiger partial charge in [0, 0.05) is 6.54 Å². The van der Waals surface area contributed by atoms with Gasteiger partial charge in [0.05, 0.1) is 11.4 Å². The van der Waals surface area contributed by atoms with E-state index in [1.54, 1.807) is 6.07 Å². The maximum absolute atomic E-state index is 5.86. The van der Waals surface area contributed by atoms with Crippen molar-refractivity contribution in [3.05, 3.63) is 58.4 Å². The molecule has 0 amide bonds. The fourth-order valence-corrected chi connectivity index (χ4v) is 2.23. The van der Waals surface area contributed by atoms with E-state index in [0.29, 0.717) is 5.15 Å². The second-order valence-corrected chi connectivity index (χ2v) is 6.45. The number of nitrogens with zero attached hydrogens (tertiary/aromatic N) is 1. The highest BCUT2D eigenvalue weighted by Gasteiger charge is 2.12. The van der Waals surface area contributed by atoms with Gasteiger partial charge in [-0.25, -0.2) is 4.98 Å². The van der Waals surface area contributed by atoms with Gasteiger partial charge in [-0.3, -0.25) is 0 Å². The zero-order valence-electron chi connectivity index (χ0n) is 12.5. The van der Waals surface area contributed by atoms with Gasteiger partial charge in [0.2, 0.25) is 0 Å². The van der Waals surface area contributed by atoms with Crippen LogP contribution >= 0.6 is 11.6 Å². The van der Waals surface area contributed by atoms with Gasteiger partial charge in [-0.15, -0.1) is 0 Å². The van der Waals surface area contributed by atoms with E-state index in [2.05, 4.69) is 55.3 Å². The number of anilines is 1. The van der Waals surface area contributed by atoms with Gasteiger partial charge in [0.1, 0.15) is 5.15 Å². The maximum Gasteiger partial charge on any atom is 0.129 e. The first-order valence-electron chi connectivity index (χ1n) is 6.83. The van der Waals surface area contributed by atoms with Crippen LogP contribution in [0.3, 0.4) is 0 Å². The van der Waals surface area contributed by atoms with Crippen molar-refractivity contribution in [1.29, 1.82) is 0 Å². The maximum atomic E-state index is 5.86. The van der Waals surface area contributed by atoms with Gasteiger partial charge in [-0.1, -0.05) is 56.6 Å². The van der Waals surface area contributed by atoms with Crippen molar-refractivity contribution in [2.45, 2.75) is 39.7 Å². The predicted octanol–water partition coefficient (Wildman–Crippen LogP) is 4.95. The number of rotatable bonds is 3. The van der Waals surface area contributed by atoms with Crippen LogP contribution in [0.5, 0.6) is 0 Å². The zero-order valence-corrected chi connectivity index (χ0v) is 13.3. The minimum absolute atomic E-state index is 0.197.